The lowest BCUT2D eigenvalue weighted by Gasteiger charge is -2.06. The van der Waals surface area contributed by atoms with E-state index in [1.165, 1.54) is 10.9 Å². The molecule has 0 aliphatic rings. The van der Waals surface area contributed by atoms with E-state index in [1.807, 2.05) is 5.43 Å². The first kappa shape index (κ1) is 14.5. The van der Waals surface area contributed by atoms with Gasteiger partial charge in [0.25, 0.3) is 5.91 Å². The predicted octanol–water partition coefficient (Wildman–Crippen LogP) is -0.940. The van der Waals surface area contributed by atoms with Crippen molar-refractivity contribution in [2.45, 2.75) is 6.54 Å². The number of benzene rings is 1. The summed E-state index contributed by atoms with van der Waals surface area (Å²) in [6, 6.07) is 6.46. The number of hydrogen-bond donors (Lipinski definition) is 3. The van der Waals surface area contributed by atoms with E-state index in [-0.39, 0.29) is 5.69 Å². The first-order valence-electron chi connectivity index (χ1n) is 6.04. The quantitative estimate of drug-likeness (QED) is 0.356. The Morgan fingerprint density at radius 3 is 2.62 bits per heavy atom. The van der Waals surface area contributed by atoms with Gasteiger partial charge in [0.15, 0.2) is 5.69 Å². The summed E-state index contributed by atoms with van der Waals surface area (Å²) >= 11 is 0. The Morgan fingerprint density at radius 2 is 2.00 bits per heavy atom. The van der Waals surface area contributed by atoms with Gasteiger partial charge in [-0.2, -0.15) is 0 Å². The van der Waals surface area contributed by atoms with E-state index >= 15 is 0 Å². The van der Waals surface area contributed by atoms with Crippen molar-refractivity contribution in [2.24, 2.45) is 11.6 Å². The van der Waals surface area contributed by atoms with Crippen molar-refractivity contribution in [1.82, 2.24) is 20.4 Å². The van der Waals surface area contributed by atoms with Crippen LogP contribution in [0.1, 0.15) is 20.8 Å². The number of nitrogens with two attached hydrogens (primary N) is 2. The number of nitrogens with zero attached hydrogens (tertiary/aromatic N) is 3. The summed E-state index contributed by atoms with van der Waals surface area (Å²) < 4.78 is 6.94. The lowest BCUT2D eigenvalue weighted by Crippen LogP contribution is -2.30. The largest absolute Gasteiger partial charge is 0.492 e. The molecule has 0 aliphatic carbocycles. The normalized spacial score (nSPS) is 10.1. The third-order valence-corrected chi connectivity index (χ3v) is 2.63. The van der Waals surface area contributed by atoms with Gasteiger partial charge in [0.2, 0.25) is 5.91 Å². The molecule has 1 heterocycles. The molecule has 0 aliphatic heterocycles. The van der Waals surface area contributed by atoms with E-state index in [0.717, 1.165) is 0 Å². The standard InChI is InChI=1S/C12H14N6O3/c13-11(19)8-1-3-9(4-2-8)21-6-5-18-7-10(16-17-18)12(20)15-14/h1-4,7H,5-6,14H2,(H2,13,19)(H,15,20). The molecule has 2 amide bonds. The van der Waals surface area contributed by atoms with Gasteiger partial charge >= 0.3 is 0 Å². The van der Waals surface area contributed by atoms with Crippen molar-refractivity contribution in [3.8, 4) is 5.75 Å². The lowest BCUT2D eigenvalue weighted by molar-refractivity contribution is 0.0947. The van der Waals surface area contributed by atoms with Gasteiger partial charge in [-0.05, 0) is 24.3 Å². The summed E-state index contributed by atoms with van der Waals surface area (Å²) in [5.41, 5.74) is 7.65. The van der Waals surface area contributed by atoms with Crippen LogP contribution in [-0.4, -0.2) is 33.4 Å². The topological polar surface area (TPSA) is 138 Å². The van der Waals surface area contributed by atoms with Gasteiger partial charge in [0.1, 0.15) is 12.4 Å². The Balaban J connectivity index is 1.85. The molecule has 21 heavy (non-hydrogen) atoms. The Hall–Kier alpha value is -2.94. The highest BCUT2D eigenvalue weighted by atomic mass is 16.5. The molecule has 0 atom stereocenters. The van der Waals surface area contributed by atoms with Gasteiger partial charge in [-0.15, -0.1) is 5.10 Å². The Morgan fingerprint density at radius 1 is 1.29 bits per heavy atom. The van der Waals surface area contributed by atoms with E-state index in [4.69, 9.17) is 16.3 Å². The van der Waals surface area contributed by atoms with Gasteiger partial charge in [-0.1, -0.05) is 5.21 Å². The smallest absolute Gasteiger partial charge is 0.287 e. The Bertz CT molecular complexity index is 637. The number of nitrogens with one attached hydrogen (secondary N) is 1. The van der Waals surface area contributed by atoms with Gasteiger partial charge in [0.05, 0.1) is 12.7 Å². The van der Waals surface area contributed by atoms with Crippen LogP contribution in [0.2, 0.25) is 0 Å². The highest BCUT2D eigenvalue weighted by Gasteiger charge is 2.08. The molecule has 0 unspecified atom stereocenters. The molecule has 0 bridgehead atoms. The molecule has 9 nitrogen and oxygen atoms in total. The zero-order valence-corrected chi connectivity index (χ0v) is 11.0. The molecule has 9 heteroatoms. The zero-order chi connectivity index (χ0) is 15.2. The molecule has 2 aromatic rings. The molecule has 0 spiro atoms. The van der Waals surface area contributed by atoms with Crippen molar-refractivity contribution < 1.29 is 14.3 Å². The monoisotopic (exact) mass is 290 g/mol. The van der Waals surface area contributed by atoms with Crippen LogP contribution in [0.25, 0.3) is 0 Å². The van der Waals surface area contributed by atoms with E-state index in [0.29, 0.717) is 24.5 Å². The Labute approximate surface area is 119 Å². The summed E-state index contributed by atoms with van der Waals surface area (Å²) in [4.78, 5) is 22.1. The van der Waals surface area contributed by atoms with Crippen molar-refractivity contribution in [3.63, 3.8) is 0 Å². The number of ether oxygens (including phenoxy) is 1. The lowest BCUT2D eigenvalue weighted by atomic mass is 10.2. The van der Waals surface area contributed by atoms with E-state index in [1.54, 1.807) is 24.3 Å². The van der Waals surface area contributed by atoms with Crippen LogP contribution in [0.15, 0.2) is 30.5 Å². The number of hydrogen-bond acceptors (Lipinski definition) is 6. The molecular formula is C12H14N6O3. The maximum atomic E-state index is 11.2. The number of carbonyl (C=O) groups excluding carboxylic acids is 2. The van der Waals surface area contributed by atoms with Crippen molar-refractivity contribution >= 4 is 11.8 Å². The molecule has 1 aromatic heterocycles. The first-order valence-corrected chi connectivity index (χ1v) is 6.04. The Kier molecular flexibility index (Phi) is 4.46. The molecular weight excluding hydrogens is 276 g/mol. The maximum Gasteiger partial charge on any atom is 0.287 e. The second-order valence-electron chi connectivity index (χ2n) is 4.08. The highest BCUT2D eigenvalue weighted by molar-refractivity contribution is 5.92. The molecule has 0 saturated carbocycles. The number of aromatic nitrogens is 3. The summed E-state index contributed by atoms with van der Waals surface area (Å²) in [6.07, 6.45) is 1.46. The minimum absolute atomic E-state index is 0.128. The number of amides is 2. The molecule has 0 fully saturated rings. The molecule has 1 aromatic carbocycles. The van der Waals surface area contributed by atoms with Crippen LogP contribution in [0.4, 0.5) is 0 Å². The molecule has 0 radical (unpaired) electrons. The predicted molar refractivity (Wildman–Crippen MR) is 72.1 cm³/mol. The van der Waals surface area contributed by atoms with Crippen LogP contribution >= 0.6 is 0 Å². The van der Waals surface area contributed by atoms with Crippen molar-refractivity contribution in [1.29, 1.82) is 0 Å². The fourth-order valence-corrected chi connectivity index (χ4v) is 1.56. The van der Waals surface area contributed by atoms with Crippen molar-refractivity contribution in [3.05, 3.63) is 41.7 Å². The van der Waals surface area contributed by atoms with Gasteiger partial charge in [0, 0.05) is 5.56 Å². The van der Waals surface area contributed by atoms with Gasteiger partial charge in [-0.3, -0.25) is 15.0 Å². The fraction of sp³-hybridized carbons (Fsp3) is 0.167. The van der Waals surface area contributed by atoms with Crippen LogP contribution in [-0.2, 0) is 6.54 Å². The minimum Gasteiger partial charge on any atom is -0.492 e. The van der Waals surface area contributed by atoms with Gasteiger partial charge < -0.3 is 10.5 Å². The number of rotatable bonds is 6. The summed E-state index contributed by atoms with van der Waals surface area (Å²) in [5.74, 6) is 4.59. The van der Waals surface area contributed by atoms with Crippen LogP contribution in [0.3, 0.4) is 0 Å². The van der Waals surface area contributed by atoms with Crippen LogP contribution in [0.5, 0.6) is 5.75 Å². The van der Waals surface area contributed by atoms with E-state index < -0.39 is 11.8 Å². The average Bonchev–Trinajstić information content (AvgIpc) is 2.96. The SMILES string of the molecule is NNC(=O)c1cn(CCOc2ccc(C(N)=O)cc2)nn1. The highest BCUT2D eigenvalue weighted by Crippen LogP contribution is 2.11. The second kappa shape index (κ2) is 6.48. The minimum atomic E-state index is -0.510. The summed E-state index contributed by atoms with van der Waals surface area (Å²) in [7, 11) is 0. The second-order valence-corrected chi connectivity index (χ2v) is 4.08. The molecule has 0 saturated heterocycles. The number of nitrogen functional groups attached to an aromatic ring is 1. The third-order valence-electron chi connectivity index (χ3n) is 2.63. The molecule has 2 rings (SSSR count). The van der Waals surface area contributed by atoms with E-state index in [9.17, 15) is 9.59 Å². The van der Waals surface area contributed by atoms with Gasteiger partial charge in [-0.25, -0.2) is 10.5 Å². The molecule has 110 valence electrons. The van der Waals surface area contributed by atoms with Crippen LogP contribution < -0.4 is 21.7 Å². The summed E-state index contributed by atoms with van der Waals surface area (Å²) in [5, 5.41) is 7.42. The fourth-order valence-electron chi connectivity index (χ4n) is 1.56. The third kappa shape index (κ3) is 3.76. The average molecular weight is 290 g/mol. The number of carbonyl (C=O) groups is 2. The zero-order valence-electron chi connectivity index (χ0n) is 11.0. The first-order chi connectivity index (χ1) is 10.1. The molecule has 5 N–H and O–H groups in total. The van der Waals surface area contributed by atoms with Crippen molar-refractivity contribution in [2.75, 3.05) is 6.61 Å². The number of hydrazine groups is 1. The maximum absolute atomic E-state index is 11.2. The number of primary amides is 1. The summed E-state index contributed by atoms with van der Waals surface area (Å²) in [6.45, 7) is 0.728. The van der Waals surface area contributed by atoms with Crippen LogP contribution in [0, 0.1) is 0 Å². The van der Waals surface area contributed by atoms with E-state index in [2.05, 4.69) is 10.3 Å².